The van der Waals surface area contributed by atoms with Crippen LogP contribution in [0.25, 0.3) is 0 Å². The number of phenols is 1. The standard InChI is InChI=1S/C12H16BrNO2/c1-16-12-6-8(11(15)7-9(12)13)10-4-2-3-5-14-10/h6-7,10,14-15H,2-5H2,1H3. The van der Waals surface area contributed by atoms with Gasteiger partial charge in [0, 0.05) is 11.6 Å². The molecule has 1 fully saturated rings. The van der Waals surface area contributed by atoms with Crippen molar-refractivity contribution in [3.8, 4) is 11.5 Å². The summed E-state index contributed by atoms with van der Waals surface area (Å²) >= 11 is 3.36. The SMILES string of the molecule is COc1cc(C2CCCCN2)c(O)cc1Br. The second-order valence-corrected chi connectivity index (χ2v) is 4.90. The van der Waals surface area contributed by atoms with Crippen LogP contribution in [0.2, 0.25) is 0 Å². The number of hydrogen-bond donors (Lipinski definition) is 2. The highest BCUT2D eigenvalue weighted by molar-refractivity contribution is 9.10. The monoisotopic (exact) mass is 285 g/mol. The zero-order valence-electron chi connectivity index (χ0n) is 9.29. The first kappa shape index (κ1) is 11.7. The van der Waals surface area contributed by atoms with E-state index in [-0.39, 0.29) is 6.04 Å². The van der Waals surface area contributed by atoms with Gasteiger partial charge in [0.2, 0.25) is 0 Å². The fourth-order valence-electron chi connectivity index (χ4n) is 2.11. The first-order valence-electron chi connectivity index (χ1n) is 5.52. The van der Waals surface area contributed by atoms with Gasteiger partial charge in [-0.2, -0.15) is 0 Å². The Morgan fingerprint density at radius 3 is 2.88 bits per heavy atom. The number of rotatable bonds is 2. The van der Waals surface area contributed by atoms with Crippen LogP contribution in [0, 0.1) is 0 Å². The third-order valence-electron chi connectivity index (χ3n) is 2.99. The smallest absolute Gasteiger partial charge is 0.133 e. The highest BCUT2D eigenvalue weighted by Gasteiger charge is 2.19. The molecule has 0 spiro atoms. The molecule has 88 valence electrons. The van der Waals surface area contributed by atoms with Gasteiger partial charge >= 0.3 is 0 Å². The molecule has 2 rings (SSSR count). The van der Waals surface area contributed by atoms with Gasteiger partial charge in [0.05, 0.1) is 11.6 Å². The molecule has 2 N–H and O–H groups in total. The third kappa shape index (κ3) is 2.33. The Kier molecular flexibility index (Phi) is 3.71. The van der Waals surface area contributed by atoms with Crippen molar-refractivity contribution in [2.45, 2.75) is 25.3 Å². The van der Waals surface area contributed by atoms with Crippen LogP contribution >= 0.6 is 15.9 Å². The van der Waals surface area contributed by atoms with Crippen molar-refractivity contribution in [1.29, 1.82) is 0 Å². The third-order valence-corrected chi connectivity index (χ3v) is 3.61. The van der Waals surface area contributed by atoms with E-state index in [0.29, 0.717) is 5.75 Å². The van der Waals surface area contributed by atoms with Gasteiger partial charge in [-0.05, 0) is 47.4 Å². The van der Waals surface area contributed by atoms with E-state index in [4.69, 9.17) is 4.74 Å². The average molecular weight is 286 g/mol. The topological polar surface area (TPSA) is 41.5 Å². The molecule has 1 saturated heterocycles. The van der Waals surface area contributed by atoms with Gasteiger partial charge in [-0.25, -0.2) is 0 Å². The van der Waals surface area contributed by atoms with E-state index >= 15 is 0 Å². The summed E-state index contributed by atoms with van der Waals surface area (Å²) in [6.45, 7) is 1.02. The van der Waals surface area contributed by atoms with Crippen molar-refractivity contribution >= 4 is 15.9 Å². The van der Waals surface area contributed by atoms with Crippen LogP contribution in [0.4, 0.5) is 0 Å². The fraction of sp³-hybridized carbons (Fsp3) is 0.500. The Morgan fingerprint density at radius 1 is 1.44 bits per heavy atom. The molecule has 3 nitrogen and oxygen atoms in total. The largest absolute Gasteiger partial charge is 0.508 e. The number of benzene rings is 1. The molecule has 1 heterocycles. The minimum Gasteiger partial charge on any atom is -0.508 e. The highest BCUT2D eigenvalue weighted by atomic mass is 79.9. The summed E-state index contributed by atoms with van der Waals surface area (Å²) in [5, 5.41) is 13.4. The number of hydrogen-bond acceptors (Lipinski definition) is 3. The second-order valence-electron chi connectivity index (χ2n) is 4.05. The number of nitrogens with one attached hydrogen (secondary N) is 1. The molecule has 0 radical (unpaired) electrons. The van der Waals surface area contributed by atoms with E-state index in [2.05, 4.69) is 21.2 Å². The summed E-state index contributed by atoms with van der Waals surface area (Å²) < 4.78 is 6.03. The molecule has 4 heteroatoms. The first-order chi connectivity index (χ1) is 7.72. The van der Waals surface area contributed by atoms with Crippen LogP contribution in [0.3, 0.4) is 0 Å². The number of aromatic hydroxyl groups is 1. The van der Waals surface area contributed by atoms with Crippen LogP contribution < -0.4 is 10.1 Å². The molecule has 1 atom stereocenters. The summed E-state index contributed by atoms with van der Waals surface area (Å²) in [4.78, 5) is 0. The Morgan fingerprint density at radius 2 is 2.25 bits per heavy atom. The summed E-state index contributed by atoms with van der Waals surface area (Å²) in [5.74, 6) is 1.09. The maximum Gasteiger partial charge on any atom is 0.133 e. The van der Waals surface area contributed by atoms with Crippen LogP contribution in [0.5, 0.6) is 11.5 Å². The van der Waals surface area contributed by atoms with E-state index in [1.807, 2.05) is 6.07 Å². The molecule has 1 aromatic carbocycles. The lowest BCUT2D eigenvalue weighted by atomic mass is 9.96. The molecular formula is C12H16BrNO2. The molecule has 16 heavy (non-hydrogen) atoms. The Balaban J connectivity index is 2.31. The van der Waals surface area contributed by atoms with Gasteiger partial charge in [0.25, 0.3) is 0 Å². The van der Waals surface area contributed by atoms with Crippen LogP contribution in [-0.4, -0.2) is 18.8 Å². The Bertz CT molecular complexity index is 376. The van der Waals surface area contributed by atoms with Gasteiger partial charge in [-0.3, -0.25) is 0 Å². The maximum atomic E-state index is 9.94. The zero-order chi connectivity index (χ0) is 11.5. The zero-order valence-corrected chi connectivity index (χ0v) is 10.9. The quantitative estimate of drug-likeness (QED) is 0.878. The number of halogens is 1. The van der Waals surface area contributed by atoms with E-state index in [0.717, 1.165) is 28.8 Å². The van der Waals surface area contributed by atoms with Crippen molar-refractivity contribution in [3.05, 3.63) is 22.2 Å². The number of methoxy groups -OCH3 is 1. The highest BCUT2D eigenvalue weighted by Crippen LogP contribution is 2.37. The Hall–Kier alpha value is -0.740. The molecule has 1 unspecified atom stereocenters. The lowest BCUT2D eigenvalue weighted by molar-refractivity contribution is 0.381. The number of piperidine rings is 1. The molecule has 1 aromatic rings. The maximum absolute atomic E-state index is 9.94. The summed E-state index contributed by atoms with van der Waals surface area (Å²) in [6.07, 6.45) is 3.48. The normalized spacial score (nSPS) is 20.8. The van der Waals surface area contributed by atoms with Gasteiger partial charge in [-0.15, -0.1) is 0 Å². The summed E-state index contributed by atoms with van der Waals surface area (Å²) in [7, 11) is 1.63. The van der Waals surface area contributed by atoms with Crippen molar-refractivity contribution in [2.24, 2.45) is 0 Å². The van der Waals surface area contributed by atoms with E-state index < -0.39 is 0 Å². The Labute approximate surface area is 104 Å². The van der Waals surface area contributed by atoms with Gasteiger partial charge in [0.1, 0.15) is 11.5 Å². The van der Waals surface area contributed by atoms with Gasteiger partial charge < -0.3 is 15.2 Å². The predicted octanol–water partition coefficient (Wildman–Crippen LogP) is 2.98. The molecule has 0 saturated carbocycles. The van der Waals surface area contributed by atoms with Crippen molar-refractivity contribution < 1.29 is 9.84 Å². The molecule has 0 bridgehead atoms. The number of phenolic OH excluding ortho intramolecular Hbond substituents is 1. The molecule has 0 amide bonds. The molecular weight excluding hydrogens is 270 g/mol. The van der Waals surface area contributed by atoms with Crippen LogP contribution in [-0.2, 0) is 0 Å². The minimum atomic E-state index is 0.246. The van der Waals surface area contributed by atoms with Crippen LogP contribution in [0.15, 0.2) is 16.6 Å². The van der Waals surface area contributed by atoms with Crippen molar-refractivity contribution in [1.82, 2.24) is 5.32 Å². The average Bonchev–Trinajstić information content (AvgIpc) is 2.30. The predicted molar refractivity (Wildman–Crippen MR) is 67.0 cm³/mol. The van der Waals surface area contributed by atoms with Gasteiger partial charge in [0.15, 0.2) is 0 Å². The summed E-state index contributed by atoms with van der Waals surface area (Å²) in [5.41, 5.74) is 0.930. The molecule has 1 aliphatic rings. The lowest BCUT2D eigenvalue weighted by Gasteiger charge is -2.25. The van der Waals surface area contributed by atoms with Gasteiger partial charge in [-0.1, -0.05) is 6.42 Å². The van der Waals surface area contributed by atoms with Crippen molar-refractivity contribution in [3.63, 3.8) is 0 Å². The number of ether oxygens (including phenoxy) is 1. The minimum absolute atomic E-state index is 0.246. The van der Waals surface area contributed by atoms with E-state index in [1.165, 1.54) is 12.8 Å². The first-order valence-corrected chi connectivity index (χ1v) is 6.31. The second kappa shape index (κ2) is 5.06. The lowest BCUT2D eigenvalue weighted by Crippen LogP contribution is -2.26. The summed E-state index contributed by atoms with van der Waals surface area (Å²) in [6, 6.07) is 3.85. The molecule has 1 aliphatic heterocycles. The molecule has 0 aliphatic carbocycles. The van der Waals surface area contributed by atoms with E-state index in [1.54, 1.807) is 13.2 Å². The fourth-order valence-corrected chi connectivity index (χ4v) is 2.60. The molecule has 0 aromatic heterocycles. The van der Waals surface area contributed by atoms with Crippen molar-refractivity contribution in [2.75, 3.05) is 13.7 Å². The van der Waals surface area contributed by atoms with Crippen LogP contribution in [0.1, 0.15) is 30.9 Å². The van der Waals surface area contributed by atoms with E-state index in [9.17, 15) is 5.11 Å².